The summed E-state index contributed by atoms with van der Waals surface area (Å²) < 4.78 is 13.3. The number of aromatic nitrogens is 2. The predicted octanol–water partition coefficient (Wildman–Crippen LogP) is 4.22. The Morgan fingerprint density at radius 1 is 1.21 bits per heavy atom. The Balaban J connectivity index is 0.00000300. The second kappa shape index (κ2) is 10.1. The first kappa shape index (κ1) is 23.2. The lowest BCUT2D eigenvalue weighted by Crippen LogP contribution is -2.40. The summed E-state index contributed by atoms with van der Waals surface area (Å²) in [5.74, 6) is 0.774. The number of amides is 1. The fraction of sp³-hybridized carbons (Fsp3) is 0.450. The molecule has 6 nitrogen and oxygen atoms in total. The summed E-state index contributed by atoms with van der Waals surface area (Å²) in [6, 6.07) is 4.37. The predicted molar refractivity (Wildman–Crippen MR) is 117 cm³/mol. The van der Waals surface area contributed by atoms with E-state index in [1.807, 2.05) is 32.1 Å². The van der Waals surface area contributed by atoms with Crippen LogP contribution in [0.25, 0.3) is 0 Å². The molecule has 1 heterocycles. The van der Waals surface area contributed by atoms with Crippen molar-refractivity contribution in [3.8, 4) is 0 Å². The van der Waals surface area contributed by atoms with Gasteiger partial charge in [0.2, 0.25) is 5.95 Å². The molecule has 29 heavy (non-hydrogen) atoms. The number of carbonyl (C=O) groups is 1. The Bertz CT molecular complexity index is 857. The van der Waals surface area contributed by atoms with Crippen LogP contribution in [-0.4, -0.2) is 42.1 Å². The standard InChI is InChI=1S/C20H25ClFN5O.ClH/c1-12-11-23-20(26-18(12)27(2)3)25-15-7-5-14(6-8-15)24-19(28)13-4-9-17(22)16(21)10-13;/h4,9-11,14-15H,5-8H2,1-3H3,(H,24,28)(H,23,25,26);1H/t14-,15+;. The number of nitrogens with zero attached hydrogens (tertiary/aromatic N) is 3. The maximum atomic E-state index is 13.3. The van der Waals surface area contributed by atoms with Crippen molar-refractivity contribution < 1.29 is 9.18 Å². The van der Waals surface area contributed by atoms with Crippen LogP contribution in [0.15, 0.2) is 24.4 Å². The minimum absolute atomic E-state index is 0. The molecule has 0 unspecified atom stereocenters. The van der Waals surface area contributed by atoms with Gasteiger partial charge in [0.05, 0.1) is 5.02 Å². The lowest BCUT2D eigenvalue weighted by atomic mass is 9.91. The highest BCUT2D eigenvalue weighted by Crippen LogP contribution is 2.23. The van der Waals surface area contributed by atoms with E-state index in [0.29, 0.717) is 11.5 Å². The zero-order valence-corrected chi connectivity index (χ0v) is 18.3. The van der Waals surface area contributed by atoms with Gasteiger partial charge in [0, 0.05) is 43.5 Å². The van der Waals surface area contributed by atoms with Crippen molar-refractivity contribution >= 4 is 41.7 Å². The van der Waals surface area contributed by atoms with Crippen LogP contribution in [0, 0.1) is 12.7 Å². The number of halogens is 3. The first-order valence-corrected chi connectivity index (χ1v) is 9.74. The largest absolute Gasteiger partial charge is 0.362 e. The summed E-state index contributed by atoms with van der Waals surface area (Å²) in [4.78, 5) is 23.3. The summed E-state index contributed by atoms with van der Waals surface area (Å²) in [5.41, 5.74) is 1.40. The van der Waals surface area contributed by atoms with Gasteiger partial charge in [-0.3, -0.25) is 4.79 Å². The summed E-state index contributed by atoms with van der Waals surface area (Å²) >= 11 is 5.76. The molecule has 1 saturated carbocycles. The number of anilines is 2. The van der Waals surface area contributed by atoms with E-state index in [-0.39, 0.29) is 35.4 Å². The van der Waals surface area contributed by atoms with Crippen LogP contribution in [0.3, 0.4) is 0 Å². The Morgan fingerprint density at radius 2 is 1.86 bits per heavy atom. The molecule has 1 fully saturated rings. The highest BCUT2D eigenvalue weighted by Gasteiger charge is 2.23. The number of nitrogens with one attached hydrogen (secondary N) is 2. The first-order chi connectivity index (χ1) is 13.3. The van der Waals surface area contributed by atoms with E-state index in [9.17, 15) is 9.18 Å². The Labute approximate surface area is 181 Å². The van der Waals surface area contributed by atoms with Crippen molar-refractivity contribution in [3.05, 3.63) is 46.4 Å². The molecule has 0 saturated heterocycles. The van der Waals surface area contributed by atoms with Crippen molar-refractivity contribution in [1.82, 2.24) is 15.3 Å². The minimum atomic E-state index is -0.527. The van der Waals surface area contributed by atoms with Gasteiger partial charge in [0.25, 0.3) is 5.91 Å². The smallest absolute Gasteiger partial charge is 0.251 e. The molecule has 1 aromatic carbocycles. The molecule has 1 aromatic heterocycles. The summed E-state index contributed by atoms with van der Waals surface area (Å²) in [6.07, 6.45) is 5.34. The SMILES string of the molecule is Cc1cnc(N[C@H]2CC[C@@H](NC(=O)c3ccc(F)c(Cl)c3)CC2)nc1N(C)C.Cl. The van der Waals surface area contributed by atoms with E-state index in [0.717, 1.165) is 37.1 Å². The van der Waals surface area contributed by atoms with E-state index >= 15 is 0 Å². The number of carbonyl (C=O) groups excluding carboxylic acids is 1. The van der Waals surface area contributed by atoms with Gasteiger partial charge in [0.1, 0.15) is 11.6 Å². The van der Waals surface area contributed by atoms with Crippen LogP contribution in [-0.2, 0) is 0 Å². The molecular formula is C20H26Cl2FN5O. The molecule has 2 aromatic rings. The number of benzene rings is 1. The zero-order chi connectivity index (χ0) is 20.3. The number of aryl methyl sites for hydroxylation is 1. The van der Waals surface area contributed by atoms with E-state index < -0.39 is 5.82 Å². The molecule has 3 rings (SSSR count). The molecule has 9 heteroatoms. The summed E-state index contributed by atoms with van der Waals surface area (Å²) in [7, 11) is 3.92. The van der Waals surface area contributed by atoms with Crippen LogP contribution in [0.1, 0.15) is 41.6 Å². The van der Waals surface area contributed by atoms with Crippen molar-refractivity contribution in [3.63, 3.8) is 0 Å². The van der Waals surface area contributed by atoms with Crippen LogP contribution in [0.2, 0.25) is 5.02 Å². The van der Waals surface area contributed by atoms with E-state index in [1.54, 1.807) is 0 Å². The van der Waals surface area contributed by atoms with Crippen molar-refractivity contribution in [2.24, 2.45) is 0 Å². The molecule has 0 radical (unpaired) electrons. The van der Waals surface area contributed by atoms with Crippen LogP contribution in [0.4, 0.5) is 16.2 Å². The fourth-order valence-electron chi connectivity index (χ4n) is 3.43. The van der Waals surface area contributed by atoms with Crippen molar-refractivity contribution in [2.45, 2.75) is 44.7 Å². The van der Waals surface area contributed by atoms with Gasteiger partial charge < -0.3 is 15.5 Å². The second-order valence-corrected chi connectivity index (χ2v) is 7.80. The van der Waals surface area contributed by atoms with E-state index in [1.165, 1.54) is 18.2 Å². The van der Waals surface area contributed by atoms with Crippen LogP contribution >= 0.6 is 24.0 Å². The molecule has 158 valence electrons. The highest BCUT2D eigenvalue weighted by molar-refractivity contribution is 6.31. The maximum Gasteiger partial charge on any atom is 0.251 e. The van der Waals surface area contributed by atoms with Crippen molar-refractivity contribution in [2.75, 3.05) is 24.3 Å². The highest BCUT2D eigenvalue weighted by atomic mass is 35.5. The van der Waals surface area contributed by atoms with Gasteiger partial charge in [0.15, 0.2) is 0 Å². The maximum absolute atomic E-state index is 13.3. The third-order valence-corrected chi connectivity index (χ3v) is 5.24. The molecule has 1 amide bonds. The van der Waals surface area contributed by atoms with Gasteiger partial charge in [-0.25, -0.2) is 9.37 Å². The zero-order valence-electron chi connectivity index (χ0n) is 16.7. The van der Waals surface area contributed by atoms with Gasteiger partial charge in [-0.15, -0.1) is 12.4 Å². The van der Waals surface area contributed by atoms with Crippen LogP contribution < -0.4 is 15.5 Å². The lowest BCUT2D eigenvalue weighted by Gasteiger charge is -2.30. The fourth-order valence-corrected chi connectivity index (χ4v) is 3.61. The van der Waals surface area contributed by atoms with Crippen molar-refractivity contribution in [1.29, 1.82) is 0 Å². The molecule has 0 spiro atoms. The van der Waals surface area contributed by atoms with Gasteiger partial charge >= 0.3 is 0 Å². The molecule has 2 N–H and O–H groups in total. The third-order valence-electron chi connectivity index (χ3n) is 4.95. The monoisotopic (exact) mass is 441 g/mol. The molecule has 0 bridgehead atoms. The van der Waals surface area contributed by atoms with E-state index in [4.69, 9.17) is 11.6 Å². The number of hydrogen-bond acceptors (Lipinski definition) is 5. The topological polar surface area (TPSA) is 70.1 Å². The van der Waals surface area contributed by atoms with Gasteiger partial charge in [-0.1, -0.05) is 11.6 Å². The molecule has 0 atom stereocenters. The normalized spacial score (nSPS) is 18.5. The number of rotatable bonds is 5. The molecule has 0 aliphatic heterocycles. The second-order valence-electron chi connectivity index (χ2n) is 7.39. The molecule has 1 aliphatic rings. The first-order valence-electron chi connectivity index (χ1n) is 9.37. The Kier molecular flexibility index (Phi) is 8.05. The Hall–Kier alpha value is -2.12. The average Bonchev–Trinajstić information content (AvgIpc) is 2.66. The number of hydrogen-bond donors (Lipinski definition) is 2. The molecular weight excluding hydrogens is 416 g/mol. The lowest BCUT2D eigenvalue weighted by molar-refractivity contribution is 0.0926. The van der Waals surface area contributed by atoms with Gasteiger partial charge in [-0.2, -0.15) is 4.98 Å². The van der Waals surface area contributed by atoms with Crippen LogP contribution in [0.5, 0.6) is 0 Å². The average molecular weight is 442 g/mol. The Morgan fingerprint density at radius 3 is 2.48 bits per heavy atom. The van der Waals surface area contributed by atoms with Gasteiger partial charge in [-0.05, 0) is 50.8 Å². The van der Waals surface area contributed by atoms with E-state index in [2.05, 4.69) is 20.6 Å². The third kappa shape index (κ3) is 5.93. The summed E-state index contributed by atoms with van der Waals surface area (Å²) in [6.45, 7) is 1.99. The summed E-state index contributed by atoms with van der Waals surface area (Å²) in [5, 5.41) is 6.37. The molecule has 1 aliphatic carbocycles. The quantitative estimate of drug-likeness (QED) is 0.726. The minimum Gasteiger partial charge on any atom is -0.362 e.